The first-order valence-electron chi connectivity index (χ1n) is 8.80. The van der Waals surface area contributed by atoms with Crippen LogP contribution >= 0.6 is 11.6 Å². The third kappa shape index (κ3) is 4.95. The Balaban J connectivity index is 1.72. The van der Waals surface area contributed by atoms with Crippen molar-refractivity contribution >= 4 is 33.2 Å². The highest BCUT2D eigenvalue weighted by Crippen LogP contribution is 2.24. The number of sulfonamides is 1. The quantitative estimate of drug-likeness (QED) is 0.560. The van der Waals surface area contributed by atoms with E-state index in [1.54, 1.807) is 25.1 Å². The van der Waals surface area contributed by atoms with E-state index >= 15 is 0 Å². The van der Waals surface area contributed by atoms with Gasteiger partial charge in [0.15, 0.2) is 11.6 Å². The minimum absolute atomic E-state index is 0.0485. The molecular formula is C21H17ClF2N2O3S. The molecule has 0 saturated carbocycles. The van der Waals surface area contributed by atoms with Crippen LogP contribution in [0.4, 0.5) is 14.5 Å². The second-order valence-electron chi connectivity index (χ2n) is 6.48. The summed E-state index contributed by atoms with van der Waals surface area (Å²) in [6.07, 6.45) is 0. The predicted molar refractivity (Wildman–Crippen MR) is 111 cm³/mol. The highest BCUT2D eigenvalue weighted by atomic mass is 35.5. The minimum atomic E-state index is -3.90. The van der Waals surface area contributed by atoms with Gasteiger partial charge < -0.3 is 5.32 Å². The fourth-order valence-electron chi connectivity index (χ4n) is 2.68. The SMILES string of the molecule is CC(NC(=O)c1ccc(S(=O)(=O)Nc2ccccc2Cl)cc1)c1ccc(F)c(F)c1. The number of nitrogens with one attached hydrogen (secondary N) is 2. The van der Waals surface area contributed by atoms with Crippen LogP contribution in [0, 0.1) is 11.6 Å². The number of benzene rings is 3. The predicted octanol–water partition coefficient (Wildman–Crippen LogP) is 4.91. The molecule has 1 atom stereocenters. The van der Waals surface area contributed by atoms with Gasteiger partial charge in [-0.2, -0.15) is 0 Å². The van der Waals surface area contributed by atoms with E-state index < -0.39 is 33.6 Å². The van der Waals surface area contributed by atoms with Crippen LogP contribution in [-0.4, -0.2) is 14.3 Å². The number of carbonyl (C=O) groups excluding carboxylic acids is 1. The molecule has 1 amide bonds. The lowest BCUT2D eigenvalue weighted by atomic mass is 10.1. The Kier molecular flexibility index (Phi) is 6.38. The van der Waals surface area contributed by atoms with Crippen LogP contribution in [0.2, 0.25) is 5.02 Å². The van der Waals surface area contributed by atoms with Crippen LogP contribution in [-0.2, 0) is 10.0 Å². The van der Waals surface area contributed by atoms with Gasteiger partial charge in [0, 0.05) is 5.56 Å². The first-order valence-corrected chi connectivity index (χ1v) is 10.7. The molecule has 156 valence electrons. The lowest BCUT2D eigenvalue weighted by molar-refractivity contribution is 0.0939. The van der Waals surface area contributed by atoms with Gasteiger partial charge in [-0.05, 0) is 61.0 Å². The zero-order valence-electron chi connectivity index (χ0n) is 15.7. The highest BCUT2D eigenvalue weighted by molar-refractivity contribution is 7.92. The normalized spacial score (nSPS) is 12.3. The van der Waals surface area contributed by atoms with Crippen molar-refractivity contribution in [2.24, 2.45) is 0 Å². The molecule has 0 aromatic heterocycles. The van der Waals surface area contributed by atoms with Gasteiger partial charge in [0.05, 0.1) is 21.6 Å². The van der Waals surface area contributed by atoms with Crippen molar-refractivity contribution in [1.29, 1.82) is 0 Å². The van der Waals surface area contributed by atoms with E-state index in [2.05, 4.69) is 10.0 Å². The standard InChI is InChI=1S/C21H17ClF2N2O3S/c1-13(15-8-11-18(23)19(24)12-15)25-21(27)14-6-9-16(10-7-14)30(28,29)26-20-5-3-2-4-17(20)22/h2-13,26H,1H3,(H,25,27). The fraction of sp³-hybridized carbons (Fsp3) is 0.0952. The Labute approximate surface area is 177 Å². The second kappa shape index (κ2) is 8.81. The summed E-state index contributed by atoms with van der Waals surface area (Å²) in [5.74, 6) is -2.47. The number of rotatable bonds is 6. The first kappa shape index (κ1) is 21.7. The van der Waals surface area contributed by atoms with Crippen molar-refractivity contribution in [2.75, 3.05) is 4.72 Å². The molecule has 0 fully saturated rings. The Morgan fingerprint density at radius 2 is 1.63 bits per heavy atom. The molecule has 2 N–H and O–H groups in total. The minimum Gasteiger partial charge on any atom is -0.346 e. The lowest BCUT2D eigenvalue weighted by Crippen LogP contribution is -2.26. The van der Waals surface area contributed by atoms with Crippen molar-refractivity contribution in [1.82, 2.24) is 5.32 Å². The number of hydrogen-bond acceptors (Lipinski definition) is 3. The zero-order valence-corrected chi connectivity index (χ0v) is 17.3. The monoisotopic (exact) mass is 450 g/mol. The zero-order chi connectivity index (χ0) is 21.9. The van der Waals surface area contributed by atoms with Crippen molar-refractivity contribution in [3.63, 3.8) is 0 Å². The average Bonchev–Trinajstić information content (AvgIpc) is 2.71. The maximum atomic E-state index is 13.4. The molecule has 0 heterocycles. The molecule has 0 spiro atoms. The lowest BCUT2D eigenvalue weighted by Gasteiger charge is -2.15. The van der Waals surface area contributed by atoms with Crippen LogP contribution in [0.1, 0.15) is 28.9 Å². The van der Waals surface area contributed by atoms with Gasteiger partial charge in [0.25, 0.3) is 15.9 Å². The maximum absolute atomic E-state index is 13.4. The Morgan fingerprint density at radius 1 is 0.967 bits per heavy atom. The molecule has 3 rings (SSSR count). The van der Waals surface area contributed by atoms with Crippen molar-refractivity contribution in [3.8, 4) is 0 Å². The molecule has 3 aromatic rings. The summed E-state index contributed by atoms with van der Waals surface area (Å²) in [6.45, 7) is 1.62. The molecule has 3 aromatic carbocycles. The fourth-order valence-corrected chi connectivity index (χ4v) is 4.00. The van der Waals surface area contributed by atoms with Crippen LogP contribution in [0.5, 0.6) is 0 Å². The number of anilines is 1. The Bertz CT molecular complexity index is 1190. The molecule has 5 nitrogen and oxygen atoms in total. The number of para-hydroxylation sites is 1. The molecule has 30 heavy (non-hydrogen) atoms. The van der Waals surface area contributed by atoms with Crippen molar-refractivity contribution in [3.05, 3.63) is 94.5 Å². The summed E-state index contributed by atoms with van der Waals surface area (Å²) in [5.41, 5.74) is 0.841. The van der Waals surface area contributed by atoms with E-state index in [-0.39, 0.29) is 21.2 Å². The molecule has 0 aliphatic heterocycles. The summed E-state index contributed by atoms with van der Waals surface area (Å²) in [4.78, 5) is 12.4. The average molecular weight is 451 g/mol. The molecule has 1 unspecified atom stereocenters. The van der Waals surface area contributed by atoms with Crippen LogP contribution < -0.4 is 10.0 Å². The van der Waals surface area contributed by atoms with Gasteiger partial charge in [0.2, 0.25) is 0 Å². The Morgan fingerprint density at radius 3 is 2.27 bits per heavy atom. The topological polar surface area (TPSA) is 75.3 Å². The maximum Gasteiger partial charge on any atom is 0.261 e. The van der Waals surface area contributed by atoms with Crippen LogP contribution in [0.15, 0.2) is 71.6 Å². The van der Waals surface area contributed by atoms with Crippen LogP contribution in [0.25, 0.3) is 0 Å². The van der Waals surface area contributed by atoms with Gasteiger partial charge in [-0.15, -0.1) is 0 Å². The first-order chi connectivity index (χ1) is 14.2. The number of amides is 1. The van der Waals surface area contributed by atoms with E-state index in [0.29, 0.717) is 5.56 Å². The molecule has 0 aliphatic carbocycles. The van der Waals surface area contributed by atoms with Gasteiger partial charge >= 0.3 is 0 Å². The number of halogens is 3. The van der Waals surface area contributed by atoms with E-state index in [4.69, 9.17) is 11.6 Å². The molecule has 0 bridgehead atoms. The molecule has 0 radical (unpaired) electrons. The smallest absolute Gasteiger partial charge is 0.261 e. The number of hydrogen-bond donors (Lipinski definition) is 2. The third-order valence-corrected chi connectivity index (χ3v) is 6.05. The third-order valence-electron chi connectivity index (χ3n) is 4.34. The summed E-state index contributed by atoms with van der Waals surface area (Å²) in [7, 11) is -3.90. The second-order valence-corrected chi connectivity index (χ2v) is 8.57. The molecule has 0 saturated heterocycles. The van der Waals surface area contributed by atoms with E-state index in [0.717, 1.165) is 12.1 Å². The van der Waals surface area contributed by atoms with Crippen molar-refractivity contribution in [2.45, 2.75) is 17.9 Å². The summed E-state index contributed by atoms with van der Waals surface area (Å²) >= 11 is 5.98. The van der Waals surface area contributed by atoms with E-state index in [1.165, 1.54) is 36.4 Å². The van der Waals surface area contributed by atoms with E-state index in [1.807, 2.05) is 0 Å². The molecular weight excluding hydrogens is 434 g/mol. The van der Waals surface area contributed by atoms with Gasteiger partial charge in [-0.1, -0.05) is 29.8 Å². The van der Waals surface area contributed by atoms with Crippen LogP contribution in [0.3, 0.4) is 0 Å². The van der Waals surface area contributed by atoms with Gasteiger partial charge in [0.1, 0.15) is 0 Å². The van der Waals surface area contributed by atoms with Gasteiger partial charge in [-0.3, -0.25) is 9.52 Å². The molecule has 9 heteroatoms. The summed E-state index contributed by atoms with van der Waals surface area (Å²) in [5, 5.41) is 2.91. The number of carbonyl (C=O) groups is 1. The largest absolute Gasteiger partial charge is 0.346 e. The van der Waals surface area contributed by atoms with E-state index in [9.17, 15) is 22.0 Å². The van der Waals surface area contributed by atoms with Gasteiger partial charge in [-0.25, -0.2) is 17.2 Å². The molecule has 0 aliphatic rings. The summed E-state index contributed by atoms with van der Waals surface area (Å²) in [6, 6.07) is 14.5. The highest BCUT2D eigenvalue weighted by Gasteiger charge is 2.18. The van der Waals surface area contributed by atoms with Crippen molar-refractivity contribution < 1.29 is 22.0 Å². The Hall–Kier alpha value is -2.97. The summed E-state index contributed by atoms with van der Waals surface area (Å²) < 4.78 is 53.9.